The maximum atomic E-state index is 12.6. The minimum absolute atomic E-state index is 0.00510. The fraction of sp³-hybridized carbons (Fsp3) is 0.381. The molecule has 0 aliphatic rings. The molecular formula is C21H26N2O6. The van der Waals surface area contributed by atoms with Gasteiger partial charge in [-0.1, -0.05) is 56.3 Å². The molecule has 8 nitrogen and oxygen atoms in total. The number of nitrogens with one attached hydrogen (secondary N) is 1. The highest BCUT2D eigenvalue weighted by Crippen LogP contribution is 2.17. The molecule has 0 saturated carbocycles. The van der Waals surface area contributed by atoms with E-state index in [0.717, 1.165) is 21.2 Å². The summed E-state index contributed by atoms with van der Waals surface area (Å²) in [6.45, 7) is 3.41. The van der Waals surface area contributed by atoms with Crippen molar-refractivity contribution in [1.29, 1.82) is 0 Å². The Balaban J connectivity index is 2.14. The van der Waals surface area contributed by atoms with Crippen molar-refractivity contribution in [2.75, 3.05) is 13.1 Å². The van der Waals surface area contributed by atoms with Gasteiger partial charge in [0.05, 0.1) is 6.54 Å². The predicted octanol–water partition coefficient (Wildman–Crippen LogP) is 1.95. The molecule has 29 heavy (non-hydrogen) atoms. The number of aliphatic hydroxyl groups is 1. The van der Waals surface area contributed by atoms with E-state index in [9.17, 15) is 24.6 Å². The van der Waals surface area contributed by atoms with Crippen LogP contribution in [0.1, 0.15) is 19.4 Å². The van der Waals surface area contributed by atoms with Gasteiger partial charge < -0.3 is 25.5 Å². The number of rotatable bonds is 9. The fourth-order valence-electron chi connectivity index (χ4n) is 3.01. The molecule has 0 aliphatic heterocycles. The van der Waals surface area contributed by atoms with Crippen molar-refractivity contribution >= 4 is 28.7 Å². The van der Waals surface area contributed by atoms with E-state index in [2.05, 4.69) is 5.32 Å². The molecule has 0 aliphatic carbocycles. The van der Waals surface area contributed by atoms with Crippen LogP contribution in [0, 0.1) is 5.92 Å². The lowest BCUT2D eigenvalue weighted by atomic mass is 10.0. The molecule has 2 amide bonds. The minimum Gasteiger partial charge on any atom is -0.480 e. The Morgan fingerprint density at radius 3 is 2.21 bits per heavy atom. The molecule has 0 heterocycles. The standard InChI is InChI=1S/C21H26N2O6/c1-13(2)11-23(12-18(24)20(27)28)21(29)22-17(19(25)26)10-14-7-8-15-5-3-4-6-16(15)9-14/h3-9,13,17-18,24H,10-12H2,1-2H3,(H,22,29)(H,25,26)(H,27,28)/t17-,18-/m0/s1. The average molecular weight is 402 g/mol. The van der Waals surface area contributed by atoms with Gasteiger partial charge in [0.2, 0.25) is 0 Å². The Hall–Kier alpha value is -3.13. The molecule has 0 unspecified atom stereocenters. The first-order chi connectivity index (χ1) is 13.7. The number of urea groups is 1. The van der Waals surface area contributed by atoms with Crippen molar-refractivity contribution in [3.63, 3.8) is 0 Å². The van der Waals surface area contributed by atoms with Crippen molar-refractivity contribution in [2.45, 2.75) is 32.4 Å². The van der Waals surface area contributed by atoms with E-state index in [1.165, 1.54) is 0 Å². The number of amides is 2. The van der Waals surface area contributed by atoms with Crippen LogP contribution in [-0.4, -0.2) is 63.4 Å². The van der Waals surface area contributed by atoms with Crippen molar-refractivity contribution in [3.8, 4) is 0 Å². The Kier molecular flexibility index (Phi) is 7.55. The zero-order valence-electron chi connectivity index (χ0n) is 16.4. The first-order valence-corrected chi connectivity index (χ1v) is 9.34. The van der Waals surface area contributed by atoms with Gasteiger partial charge in [0.1, 0.15) is 6.04 Å². The summed E-state index contributed by atoms with van der Waals surface area (Å²) in [6.07, 6.45) is -1.67. The summed E-state index contributed by atoms with van der Waals surface area (Å²) in [5.74, 6) is -2.64. The maximum absolute atomic E-state index is 12.6. The molecule has 0 fully saturated rings. The van der Waals surface area contributed by atoms with Crippen LogP contribution in [0.4, 0.5) is 4.79 Å². The SMILES string of the molecule is CC(C)CN(C[C@H](O)C(=O)O)C(=O)N[C@@H](Cc1ccc2ccccc2c1)C(=O)O. The van der Waals surface area contributed by atoms with Gasteiger partial charge in [0.15, 0.2) is 6.10 Å². The molecule has 2 atom stereocenters. The predicted molar refractivity (Wildman–Crippen MR) is 108 cm³/mol. The zero-order valence-corrected chi connectivity index (χ0v) is 16.4. The third-order valence-electron chi connectivity index (χ3n) is 4.40. The highest BCUT2D eigenvalue weighted by atomic mass is 16.4. The third-order valence-corrected chi connectivity index (χ3v) is 4.40. The van der Waals surface area contributed by atoms with Crippen LogP contribution in [-0.2, 0) is 16.0 Å². The third kappa shape index (κ3) is 6.46. The number of fused-ring (bicyclic) bond motifs is 1. The van der Waals surface area contributed by atoms with E-state index in [0.29, 0.717) is 0 Å². The molecule has 0 aromatic heterocycles. The lowest BCUT2D eigenvalue weighted by molar-refractivity contribution is -0.147. The molecule has 0 bridgehead atoms. The van der Waals surface area contributed by atoms with E-state index >= 15 is 0 Å². The molecule has 2 rings (SSSR count). The number of nitrogens with zero attached hydrogens (tertiary/aromatic N) is 1. The number of carbonyl (C=O) groups excluding carboxylic acids is 1. The van der Waals surface area contributed by atoms with E-state index in [-0.39, 0.29) is 18.9 Å². The van der Waals surface area contributed by atoms with Gasteiger partial charge in [0, 0.05) is 13.0 Å². The molecule has 4 N–H and O–H groups in total. The highest BCUT2D eigenvalue weighted by molar-refractivity contribution is 5.85. The number of hydrogen-bond donors (Lipinski definition) is 4. The van der Waals surface area contributed by atoms with Gasteiger partial charge in [0.25, 0.3) is 0 Å². The molecule has 0 saturated heterocycles. The van der Waals surface area contributed by atoms with Gasteiger partial charge in [-0.05, 0) is 22.3 Å². The average Bonchev–Trinajstić information content (AvgIpc) is 2.66. The van der Waals surface area contributed by atoms with Crippen LogP contribution in [0.25, 0.3) is 10.8 Å². The minimum atomic E-state index is -1.75. The van der Waals surface area contributed by atoms with Crippen LogP contribution in [0.5, 0.6) is 0 Å². The smallest absolute Gasteiger partial charge is 0.334 e. The summed E-state index contributed by atoms with van der Waals surface area (Å²) in [5, 5.41) is 32.5. The Morgan fingerprint density at radius 2 is 1.62 bits per heavy atom. The summed E-state index contributed by atoms with van der Waals surface area (Å²) in [4.78, 5) is 36.3. The second-order valence-corrected chi connectivity index (χ2v) is 7.38. The molecule has 0 radical (unpaired) electrons. The number of aliphatic carboxylic acids is 2. The van der Waals surface area contributed by atoms with Gasteiger partial charge in [-0.3, -0.25) is 0 Å². The van der Waals surface area contributed by atoms with Crippen molar-refractivity contribution in [3.05, 3.63) is 48.0 Å². The molecule has 2 aromatic rings. The Labute approximate surface area is 168 Å². The van der Waals surface area contributed by atoms with Gasteiger partial charge >= 0.3 is 18.0 Å². The molecular weight excluding hydrogens is 376 g/mol. The van der Waals surface area contributed by atoms with Gasteiger partial charge in [-0.15, -0.1) is 0 Å². The van der Waals surface area contributed by atoms with E-state index in [4.69, 9.17) is 5.11 Å². The molecule has 2 aromatic carbocycles. The number of aliphatic hydroxyl groups excluding tert-OH is 1. The lowest BCUT2D eigenvalue weighted by Gasteiger charge is -2.27. The zero-order chi connectivity index (χ0) is 21.6. The van der Waals surface area contributed by atoms with E-state index in [1.807, 2.05) is 56.3 Å². The van der Waals surface area contributed by atoms with Crippen molar-refractivity contribution < 1.29 is 29.7 Å². The molecule has 0 spiro atoms. The van der Waals surface area contributed by atoms with Crippen molar-refractivity contribution in [1.82, 2.24) is 10.2 Å². The number of carboxylic acids is 2. The summed E-state index contributed by atoms with van der Waals surface area (Å²) < 4.78 is 0. The number of benzene rings is 2. The van der Waals surface area contributed by atoms with Crippen LogP contribution in [0.2, 0.25) is 0 Å². The molecule has 8 heteroatoms. The number of carbonyl (C=O) groups is 3. The monoisotopic (exact) mass is 402 g/mol. The Bertz CT molecular complexity index is 882. The highest BCUT2D eigenvalue weighted by Gasteiger charge is 2.27. The fourth-order valence-corrected chi connectivity index (χ4v) is 3.01. The van der Waals surface area contributed by atoms with Crippen LogP contribution < -0.4 is 5.32 Å². The Morgan fingerprint density at radius 1 is 0.966 bits per heavy atom. The lowest BCUT2D eigenvalue weighted by Crippen LogP contribution is -2.52. The van der Waals surface area contributed by atoms with Gasteiger partial charge in [-0.25, -0.2) is 14.4 Å². The summed E-state index contributed by atoms with van der Waals surface area (Å²) in [7, 11) is 0. The first-order valence-electron chi connectivity index (χ1n) is 9.34. The second kappa shape index (κ2) is 9.88. The van der Waals surface area contributed by atoms with Crippen molar-refractivity contribution in [2.24, 2.45) is 5.92 Å². The van der Waals surface area contributed by atoms with E-state index in [1.54, 1.807) is 0 Å². The van der Waals surface area contributed by atoms with Crippen LogP contribution in [0.3, 0.4) is 0 Å². The van der Waals surface area contributed by atoms with Crippen LogP contribution in [0.15, 0.2) is 42.5 Å². The number of carboxylic acid groups (broad SMARTS) is 2. The number of hydrogen-bond acceptors (Lipinski definition) is 4. The summed E-state index contributed by atoms with van der Waals surface area (Å²) >= 11 is 0. The summed E-state index contributed by atoms with van der Waals surface area (Å²) in [6, 6.07) is 11.3. The second-order valence-electron chi connectivity index (χ2n) is 7.38. The van der Waals surface area contributed by atoms with Gasteiger partial charge in [-0.2, -0.15) is 0 Å². The quantitative estimate of drug-likeness (QED) is 0.508. The van der Waals surface area contributed by atoms with E-state index < -0.39 is 36.7 Å². The first kappa shape index (κ1) is 22.2. The summed E-state index contributed by atoms with van der Waals surface area (Å²) in [5.41, 5.74) is 0.748. The van der Waals surface area contributed by atoms with Crippen LogP contribution >= 0.6 is 0 Å². The molecule has 156 valence electrons. The maximum Gasteiger partial charge on any atom is 0.334 e. The largest absolute Gasteiger partial charge is 0.480 e. The normalized spacial score (nSPS) is 13.1. The topological polar surface area (TPSA) is 127 Å².